The van der Waals surface area contributed by atoms with Gasteiger partial charge in [0.15, 0.2) is 0 Å². The SMILES string of the molecule is CCCCCCCCCCCCCCCCCCCC(=O)[O-]. The van der Waals surface area contributed by atoms with Crippen molar-refractivity contribution in [2.45, 2.75) is 122 Å². The molecule has 0 amide bonds. The van der Waals surface area contributed by atoms with Crippen molar-refractivity contribution in [3.8, 4) is 0 Å². The van der Waals surface area contributed by atoms with Crippen LogP contribution in [0.3, 0.4) is 0 Å². The zero-order valence-electron chi connectivity index (χ0n) is 15.0. The lowest BCUT2D eigenvalue weighted by atomic mass is 10.0. The summed E-state index contributed by atoms with van der Waals surface area (Å²) in [6.45, 7) is 2.27. The third-order valence-corrected chi connectivity index (χ3v) is 4.48. The summed E-state index contributed by atoms with van der Waals surface area (Å²) in [7, 11) is 0. The lowest BCUT2D eigenvalue weighted by molar-refractivity contribution is -0.305. The predicted octanol–water partition coefficient (Wildman–Crippen LogP) is 5.78. The predicted molar refractivity (Wildman–Crippen MR) is 93.8 cm³/mol. The Morgan fingerprint density at radius 2 is 0.818 bits per heavy atom. The van der Waals surface area contributed by atoms with Crippen LogP contribution in [-0.2, 0) is 4.79 Å². The molecule has 0 aromatic rings. The molecular formula is C20H39O2-. The van der Waals surface area contributed by atoms with Gasteiger partial charge in [-0.3, -0.25) is 0 Å². The van der Waals surface area contributed by atoms with Crippen molar-refractivity contribution in [2.24, 2.45) is 0 Å². The average Bonchev–Trinajstić information content (AvgIpc) is 2.50. The molecule has 0 rings (SSSR count). The van der Waals surface area contributed by atoms with Gasteiger partial charge >= 0.3 is 0 Å². The molecule has 0 bridgehead atoms. The minimum atomic E-state index is -0.902. The van der Waals surface area contributed by atoms with Crippen LogP contribution < -0.4 is 5.11 Å². The number of rotatable bonds is 18. The van der Waals surface area contributed by atoms with Crippen molar-refractivity contribution in [3.63, 3.8) is 0 Å². The zero-order chi connectivity index (χ0) is 16.3. The van der Waals surface area contributed by atoms with Crippen molar-refractivity contribution in [1.29, 1.82) is 0 Å². The summed E-state index contributed by atoms with van der Waals surface area (Å²) in [5.74, 6) is -0.902. The van der Waals surface area contributed by atoms with E-state index < -0.39 is 5.97 Å². The Balaban J connectivity index is 2.95. The maximum atomic E-state index is 10.2. The van der Waals surface area contributed by atoms with E-state index in [9.17, 15) is 9.90 Å². The molecule has 2 heteroatoms. The molecule has 0 aliphatic rings. The Kier molecular flexibility index (Phi) is 18.1. The van der Waals surface area contributed by atoms with Crippen molar-refractivity contribution in [3.05, 3.63) is 0 Å². The van der Waals surface area contributed by atoms with Crippen LogP contribution in [-0.4, -0.2) is 5.97 Å². The van der Waals surface area contributed by atoms with Crippen LogP contribution in [0.1, 0.15) is 122 Å². The van der Waals surface area contributed by atoms with Crippen molar-refractivity contribution < 1.29 is 9.90 Å². The fourth-order valence-corrected chi connectivity index (χ4v) is 2.99. The zero-order valence-corrected chi connectivity index (χ0v) is 15.0. The monoisotopic (exact) mass is 311 g/mol. The second kappa shape index (κ2) is 18.5. The van der Waals surface area contributed by atoms with Crippen molar-refractivity contribution in [2.75, 3.05) is 0 Å². The van der Waals surface area contributed by atoms with Crippen LogP contribution in [0.15, 0.2) is 0 Å². The number of hydrogen-bond donors (Lipinski definition) is 0. The van der Waals surface area contributed by atoms with E-state index in [0.717, 1.165) is 12.8 Å². The number of carboxylic acid groups (broad SMARTS) is 1. The molecule has 0 heterocycles. The largest absolute Gasteiger partial charge is 0.550 e. The molecule has 0 fully saturated rings. The number of unbranched alkanes of at least 4 members (excludes halogenated alkanes) is 16. The first-order chi connectivity index (χ1) is 10.8. The first-order valence-corrected chi connectivity index (χ1v) is 9.97. The molecule has 0 unspecified atom stereocenters. The maximum absolute atomic E-state index is 10.2. The van der Waals surface area contributed by atoms with Gasteiger partial charge in [-0.2, -0.15) is 0 Å². The molecule has 0 saturated heterocycles. The van der Waals surface area contributed by atoms with Gasteiger partial charge in [0.25, 0.3) is 0 Å². The first-order valence-electron chi connectivity index (χ1n) is 9.97. The summed E-state index contributed by atoms with van der Waals surface area (Å²) in [5, 5.41) is 10.2. The molecule has 0 atom stereocenters. The van der Waals surface area contributed by atoms with E-state index in [2.05, 4.69) is 6.92 Å². The minimum absolute atomic E-state index is 0.235. The molecule has 0 aliphatic carbocycles. The van der Waals surface area contributed by atoms with Gasteiger partial charge in [0, 0.05) is 5.97 Å². The van der Waals surface area contributed by atoms with Gasteiger partial charge in [0.05, 0.1) is 0 Å². The highest BCUT2D eigenvalue weighted by atomic mass is 16.4. The summed E-state index contributed by atoms with van der Waals surface area (Å²) in [4.78, 5) is 10.2. The van der Waals surface area contributed by atoms with Crippen LogP contribution >= 0.6 is 0 Å². The van der Waals surface area contributed by atoms with Crippen LogP contribution in [0.5, 0.6) is 0 Å². The normalized spacial score (nSPS) is 11.0. The maximum Gasteiger partial charge on any atom is 0.0414 e. The number of carboxylic acids is 1. The molecule has 0 N–H and O–H groups in total. The highest BCUT2D eigenvalue weighted by Gasteiger charge is 1.95. The van der Waals surface area contributed by atoms with Gasteiger partial charge in [-0.1, -0.05) is 110 Å². The molecule has 0 saturated carbocycles. The summed E-state index contributed by atoms with van der Waals surface area (Å²) < 4.78 is 0. The first kappa shape index (κ1) is 21.5. The van der Waals surface area contributed by atoms with Crippen LogP contribution in [0.25, 0.3) is 0 Å². The highest BCUT2D eigenvalue weighted by molar-refractivity contribution is 5.63. The Morgan fingerprint density at radius 3 is 1.09 bits per heavy atom. The smallest absolute Gasteiger partial charge is 0.0414 e. The van der Waals surface area contributed by atoms with Gasteiger partial charge in [-0.15, -0.1) is 0 Å². The van der Waals surface area contributed by atoms with E-state index in [1.165, 1.54) is 96.3 Å². The van der Waals surface area contributed by atoms with Crippen LogP contribution in [0, 0.1) is 0 Å². The van der Waals surface area contributed by atoms with Gasteiger partial charge in [-0.05, 0) is 12.8 Å². The van der Waals surface area contributed by atoms with E-state index in [1.807, 2.05) is 0 Å². The van der Waals surface area contributed by atoms with E-state index in [4.69, 9.17) is 0 Å². The third-order valence-electron chi connectivity index (χ3n) is 4.48. The topological polar surface area (TPSA) is 40.1 Å². The van der Waals surface area contributed by atoms with Crippen LogP contribution in [0.2, 0.25) is 0 Å². The Labute approximate surface area is 139 Å². The molecule has 2 nitrogen and oxygen atoms in total. The summed E-state index contributed by atoms with van der Waals surface area (Å²) >= 11 is 0. The van der Waals surface area contributed by atoms with Crippen molar-refractivity contribution in [1.82, 2.24) is 0 Å². The third kappa shape index (κ3) is 19.5. The summed E-state index contributed by atoms with van der Waals surface area (Å²) in [6.07, 6.45) is 22.8. The van der Waals surface area contributed by atoms with E-state index >= 15 is 0 Å². The van der Waals surface area contributed by atoms with E-state index in [-0.39, 0.29) is 6.42 Å². The molecule has 22 heavy (non-hydrogen) atoms. The molecule has 0 aromatic carbocycles. The lowest BCUT2D eigenvalue weighted by Crippen LogP contribution is -2.21. The standard InChI is InChI=1S/C20H40O2/c1-2-3-4-5-6-7-8-9-10-11-12-13-14-15-16-17-18-19-20(21)22/h2-19H2,1H3,(H,21,22)/p-1. The Bertz CT molecular complexity index is 226. The second-order valence-corrected chi connectivity index (χ2v) is 6.78. The molecule has 0 aliphatic heterocycles. The second-order valence-electron chi connectivity index (χ2n) is 6.78. The van der Waals surface area contributed by atoms with E-state index in [0.29, 0.717) is 0 Å². The number of hydrogen-bond acceptors (Lipinski definition) is 2. The molecular weight excluding hydrogens is 272 g/mol. The van der Waals surface area contributed by atoms with Gasteiger partial charge in [-0.25, -0.2) is 0 Å². The van der Waals surface area contributed by atoms with Gasteiger partial charge in [0.1, 0.15) is 0 Å². The summed E-state index contributed by atoms with van der Waals surface area (Å²) in [5.41, 5.74) is 0. The molecule has 132 valence electrons. The average molecular weight is 312 g/mol. The molecule has 0 spiro atoms. The van der Waals surface area contributed by atoms with Gasteiger partial charge < -0.3 is 9.90 Å². The number of carbonyl (C=O) groups excluding carboxylic acids is 1. The number of carbonyl (C=O) groups is 1. The van der Waals surface area contributed by atoms with Gasteiger partial charge in [0.2, 0.25) is 0 Å². The fourth-order valence-electron chi connectivity index (χ4n) is 2.99. The van der Waals surface area contributed by atoms with Crippen LogP contribution in [0.4, 0.5) is 0 Å². The van der Waals surface area contributed by atoms with Crippen molar-refractivity contribution >= 4 is 5.97 Å². The minimum Gasteiger partial charge on any atom is -0.550 e. The Hall–Kier alpha value is -0.530. The highest BCUT2D eigenvalue weighted by Crippen LogP contribution is 2.14. The van der Waals surface area contributed by atoms with E-state index in [1.54, 1.807) is 0 Å². The summed E-state index contributed by atoms with van der Waals surface area (Å²) in [6, 6.07) is 0. The lowest BCUT2D eigenvalue weighted by Gasteiger charge is -2.04. The molecule has 0 aromatic heterocycles. The quantitative estimate of drug-likeness (QED) is 0.301. The molecule has 0 radical (unpaired) electrons. The Morgan fingerprint density at radius 1 is 0.545 bits per heavy atom. The fraction of sp³-hybridized carbons (Fsp3) is 0.950. The number of aliphatic carboxylic acids is 1.